The minimum Gasteiger partial charge on any atom is -0.444 e. The number of alkyl carbamates (subject to hydrolysis) is 1. The number of nitrogens with one attached hydrogen (secondary N) is 1. The summed E-state index contributed by atoms with van der Waals surface area (Å²) in [6.07, 6.45) is -2.39. The minimum absolute atomic E-state index is 0.176. The van der Waals surface area contributed by atoms with E-state index in [0.29, 0.717) is 5.56 Å². The van der Waals surface area contributed by atoms with Gasteiger partial charge in [0, 0.05) is 5.57 Å². The Morgan fingerprint density at radius 3 is 1.85 bits per heavy atom. The van der Waals surface area contributed by atoms with E-state index in [1.54, 1.807) is 101 Å². The summed E-state index contributed by atoms with van der Waals surface area (Å²) < 4.78 is 30.0. The largest absolute Gasteiger partial charge is 0.444 e. The lowest BCUT2D eigenvalue weighted by Gasteiger charge is -2.53. The van der Waals surface area contributed by atoms with E-state index >= 15 is 4.79 Å². The number of ketones is 1. The van der Waals surface area contributed by atoms with Crippen molar-refractivity contribution >= 4 is 56.5 Å². The van der Waals surface area contributed by atoms with E-state index in [4.69, 9.17) is 28.4 Å². The van der Waals surface area contributed by atoms with Crippen molar-refractivity contribution in [3.63, 3.8) is 0 Å². The molecular weight excluding hydrogens is 777 g/mol. The summed E-state index contributed by atoms with van der Waals surface area (Å²) >= 11 is 0. The monoisotopic (exact) mass is 840 g/mol. The summed E-state index contributed by atoms with van der Waals surface area (Å²) in [7, 11) is -2.65. The predicted molar refractivity (Wildman–Crippen MR) is 226 cm³/mol. The van der Waals surface area contributed by atoms with Crippen LogP contribution < -0.4 is 5.32 Å². The van der Waals surface area contributed by atoms with Gasteiger partial charge in [-0.1, -0.05) is 51.1 Å². The zero-order valence-electron chi connectivity index (χ0n) is 37.9. The van der Waals surface area contributed by atoms with Crippen LogP contribution in [0.5, 0.6) is 0 Å². The Labute approximate surface area is 349 Å². The molecule has 2 fully saturated rings. The number of aliphatic imine (C=N–C) groups is 2. The van der Waals surface area contributed by atoms with E-state index in [9.17, 15) is 19.2 Å². The first-order valence-electron chi connectivity index (χ1n) is 19.8. The van der Waals surface area contributed by atoms with Gasteiger partial charge in [0.05, 0.1) is 19.2 Å². The number of carbonyl (C=O) groups excluding carboxylic acids is 5. The molecule has 3 heterocycles. The van der Waals surface area contributed by atoms with Gasteiger partial charge in [0.15, 0.2) is 8.32 Å². The number of ether oxygens (including phenoxy) is 4. The van der Waals surface area contributed by atoms with Gasteiger partial charge in [0.2, 0.25) is 23.4 Å². The fourth-order valence-corrected chi connectivity index (χ4v) is 7.39. The number of Topliss-reactive ketones (excluding diaryl/α,β-unsaturated/α-hetero) is 1. The molecule has 3 aliphatic rings. The number of hydrogen-bond donors (Lipinski definition) is 1. The molecule has 1 spiro atoms. The van der Waals surface area contributed by atoms with E-state index in [1.165, 1.54) is 4.90 Å². The highest BCUT2D eigenvalue weighted by Gasteiger charge is 2.74. The van der Waals surface area contributed by atoms with Gasteiger partial charge in [0.1, 0.15) is 28.4 Å². The molecule has 0 unspecified atom stereocenters. The molecule has 4 amide bonds. The van der Waals surface area contributed by atoms with E-state index < -0.39 is 84.6 Å². The van der Waals surface area contributed by atoms with Crippen LogP contribution in [-0.4, -0.2) is 118 Å². The highest BCUT2D eigenvalue weighted by atomic mass is 28.4. The van der Waals surface area contributed by atoms with Gasteiger partial charge in [0.25, 0.3) is 0 Å². The average molecular weight is 841 g/mol. The van der Waals surface area contributed by atoms with Gasteiger partial charge < -0.3 is 28.3 Å². The third kappa shape index (κ3) is 10.7. The van der Waals surface area contributed by atoms with Crippen molar-refractivity contribution in [2.24, 2.45) is 9.98 Å². The fourth-order valence-electron chi connectivity index (χ4n) is 6.37. The molecule has 59 heavy (non-hydrogen) atoms. The summed E-state index contributed by atoms with van der Waals surface area (Å²) in [6, 6.07) is 6.38. The maximum absolute atomic E-state index is 15.6. The highest BCUT2D eigenvalue weighted by Crippen LogP contribution is 2.49. The molecule has 0 aromatic heterocycles. The van der Waals surface area contributed by atoms with Crippen molar-refractivity contribution in [2.45, 2.75) is 162 Å². The first-order valence-corrected chi connectivity index (χ1v) is 22.7. The zero-order chi connectivity index (χ0) is 44.9. The maximum atomic E-state index is 15.6. The second kappa shape index (κ2) is 16.0. The molecule has 0 aliphatic carbocycles. The smallest absolute Gasteiger partial charge is 0.437 e. The van der Waals surface area contributed by atoms with Crippen LogP contribution in [0.2, 0.25) is 18.1 Å². The first-order chi connectivity index (χ1) is 26.7. The second-order valence-corrected chi connectivity index (χ2v) is 25.3. The average Bonchev–Trinajstić information content (AvgIpc) is 3.49. The van der Waals surface area contributed by atoms with Crippen LogP contribution in [0, 0.1) is 0 Å². The molecule has 1 aromatic carbocycles. The Morgan fingerprint density at radius 2 is 1.34 bits per heavy atom. The number of hydrogen-bond acceptors (Lipinski definition) is 11. The molecule has 0 radical (unpaired) electrons. The number of benzene rings is 1. The Morgan fingerprint density at radius 1 is 0.814 bits per heavy atom. The summed E-state index contributed by atoms with van der Waals surface area (Å²) in [6.45, 7) is 29.7. The first kappa shape index (κ1) is 46.9. The summed E-state index contributed by atoms with van der Waals surface area (Å²) in [5, 5.41) is 2.29. The maximum Gasteiger partial charge on any atom is 0.437 e. The van der Waals surface area contributed by atoms with Crippen LogP contribution in [0.1, 0.15) is 109 Å². The molecule has 0 bridgehead atoms. The number of nitrogens with zero attached hydrogens (tertiary/aromatic N) is 5. The Bertz CT molecular complexity index is 1910. The number of rotatable bonds is 4. The normalized spacial score (nSPS) is 22.8. The lowest BCUT2D eigenvalue weighted by molar-refractivity contribution is -0.132. The predicted octanol–water partition coefficient (Wildman–Crippen LogP) is 8.08. The molecule has 0 saturated carbocycles. The molecule has 16 nitrogen and oxygen atoms in total. The van der Waals surface area contributed by atoms with Crippen molar-refractivity contribution < 1.29 is 47.3 Å². The van der Waals surface area contributed by atoms with Crippen LogP contribution >= 0.6 is 0 Å². The fraction of sp³-hybridized carbons (Fsp3) is 0.643. The van der Waals surface area contributed by atoms with Crippen LogP contribution in [-0.2, 0) is 28.2 Å². The zero-order valence-corrected chi connectivity index (χ0v) is 38.9. The Hall–Kier alpha value is -4.77. The molecule has 326 valence electrons. The summed E-state index contributed by atoms with van der Waals surface area (Å²) in [5.74, 6) is -1.38. The van der Waals surface area contributed by atoms with Gasteiger partial charge in [-0.3, -0.25) is 10.1 Å². The highest BCUT2D eigenvalue weighted by molar-refractivity contribution is 6.74. The number of guanidine groups is 2. The van der Waals surface area contributed by atoms with Gasteiger partial charge in [-0.15, -0.1) is 4.99 Å². The Kier molecular flexibility index (Phi) is 12.7. The molecular formula is C42H64N6O10Si. The molecule has 1 N–H and O–H groups in total. The lowest BCUT2D eigenvalue weighted by Crippen LogP contribution is -2.79. The molecule has 4 rings (SSSR count). The molecule has 2 saturated heterocycles. The van der Waals surface area contributed by atoms with E-state index in [-0.39, 0.29) is 29.7 Å². The van der Waals surface area contributed by atoms with Crippen molar-refractivity contribution in [1.82, 2.24) is 20.0 Å². The lowest BCUT2D eigenvalue weighted by atomic mass is 9.86. The molecule has 3 atom stereocenters. The third-order valence-electron chi connectivity index (χ3n) is 9.67. The summed E-state index contributed by atoms with van der Waals surface area (Å²) in [4.78, 5) is 85.4. The standard InChI is InChI=1S/C42H64N6O10Si/c1-37(2,3)55-33(50)44-31-43-29-28(25-54-59(16,17)41(13,14)15)47(35(52)57-39(7,8)9)32(45-34(51)56-38(4,5)6)46-24-27(23-26-21-19-18-20-22-26)30(49)42(29,46)48(31)36(53)58-40(10,11)12/h18-23,28-29H,24-25H2,1-17H3,(H,43,44,50)/b27-23+,45-32+/t28-,29-,42+/m0/s1. The van der Waals surface area contributed by atoms with Gasteiger partial charge in [-0.05, 0) is 113 Å². The second-order valence-electron chi connectivity index (χ2n) is 20.4. The van der Waals surface area contributed by atoms with Crippen LogP contribution in [0.15, 0.2) is 45.9 Å². The van der Waals surface area contributed by atoms with Crippen molar-refractivity contribution in [3.8, 4) is 0 Å². The van der Waals surface area contributed by atoms with Crippen LogP contribution in [0.4, 0.5) is 19.2 Å². The minimum atomic E-state index is -2.65. The summed E-state index contributed by atoms with van der Waals surface area (Å²) in [5.41, 5.74) is -5.52. The molecule has 17 heteroatoms. The molecule has 3 aliphatic heterocycles. The van der Waals surface area contributed by atoms with Crippen molar-refractivity contribution in [2.75, 3.05) is 13.2 Å². The SMILES string of the molecule is CC(C)(C)OC(=O)/N=C1/N(C(=O)OC(C)(C)C)[C@@H](CO[Si](C)(C)C(C)(C)C)[C@@H]2N=C(NC(=O)OC(C)(C)C)N(C(=O)OC(C)(C)C)[C@@]23C(=O)/C(=C/c2ccccc2)CN13. The topological polar surface area (TPSA) is 178 Å². The molecule has 1 aromatic rings. The van der Waals surface area contributed by atoms with Gasteiger partial charge in [-0.2, -0.15) is 0 Å². The van der Waals surface area contributed by atoms with E-state index in [2.05, 4.69) is 10.3 Å². The van der Waals surface area contributed by atoms with Crippen molar-refractivity contribution in [3.05, 3.63) is 41.5 Å². The van der Waals surface area contributed by atoms with Crippen molar-refractivity contribution in [1.29, 1.82) is 0 Å². The van der Waals surface area contributed by atoms with E-state index in [1.807, 2.05) is 52.1 Å². The van der Waals surface area contributed by atoms with Crippen LogP contribution in [0.25, 0.3) is 6.08 Å². The van der Waals surface area contributed by atoms with Gasteiger partial charge in [-0.25, -0.2) is 34.0 Å². The van der Waals surface area contributed by atoms with Gasteiger partial charge >= 0.3 is 24.4 Å². The third-order valence-corrected chi connectivity index (χ3v) is 14.2. The number of amides is 4. The van der Waals surface area contributed by atoms with Crippen LogP contribution in [0.3, 0.4) is 0 Å². The Balaban J connectivity index is 2.17. The number of carbonyl (C=O) groups is 5. The van der Waals surface area contributed by atoms with E-state index in [0.717, 1.165) is 9.80 Å². The quantitative estimate of drug-likeness (QED) is 0.176.